The normalized spacial score (nSPS) is 15.0. The molecule has 0 radical (unpaired) electrons. The van der Waals surface area contributed by atoms with Crippen molar-refractivity contribution in [2.75, 3.05) is 26.2 Å². The van der Waals surface area contributed by atoms with Crippen molar-refractivity contribution in [2.45, 2.75) is 19.4 Å². The first-order chi connectivity index (χ1) is 16.9. The van der Waals surface area contributed by atoms with Crippen LogP contribution < -0.4 is 5.56 Å². The molecule has 2 N–H and O–H groups in total. The molecule has 1 fully saturated rings. The molecule has 5 rings (SSSR count). The van der Waals surface area contributed by atoms with Crippen LogP contribution in [0.1, 0.15) is 33.7 Å². The predicted molar refractivity (Wildman–Crippen MR) is 132 cm³/mol. The molecule has 0 unspecified atom stereocenters. The average Bonchev–Trinajstić information content (AvgIpc) is 3.39. The van der Waals surface area contributed by atoms with E-state index in [0.29, 0.717) is 42.8 Å². The molecule has 0 saturated carbocycles. The van der Waals surface area contributed by atoms with Crippen LogP contribution in [0.4, 0.5) is 4.39 Å². The average molecular weight is 517 g/mol. The van der Waals surface area contributed by atoms with Gasteiger partial charge in [0.2, 0.25) is 0 Å². The Hall–Kier alpha value is -3.14. The van der Waals surface area contributed by atoms with Crippen LogP contribution in [0.15, 0.2) is 47.8 Å². The highest BCUT2D eigenvalue weighted by Gasteiger charge is 2.23. The van der Waals surface area contributed by atoms with Crippen LogP contribution in [-0.2, 0) is 13.0 Å². The first-order valence-electron chi connectivity index (χ1n) is 11.2. The molecule has 0 spiro atoms. The number of carbonyl (C=O) groups is 1. The number of fused-ring (bicyclic) bond motifs is 1. The number of aromatic amines is 2. The molecular formula is C24H23Cl2FN6O2. The van der Waals surface area contributed by atoms with Crippen molar-refractivity contribution in [3.8, 4) is 0 Å². The molecule has 0 aliphatic carbocycles. The van der Waals surface area contributed by atoms with Crippen LogP contribution in [0, 0.1) is 5.82 Å². The second kappa shape index (κ2) is 9.85. The Morgan fingerprint density at radius 1 is 1.11 bits per heavy atom. The van der Waals surface area contributed by atoms with Gasteiger partial charge in [-0.15, -0.1) is 0 Å². The van der Waals surface area contributed by atoms with E-state index in [2.05, 4.69) is 19.9 Å². The summed E-state index contributed by atoms with van der Waals surface area (Å²) in [6.45, 7) is 3.32. The van der Waals surface area contributed by atoms with Gasteiger partial charge in [-0.25, -0.2) is 9.37 Å². The minimum atomic E-state index is -0.564. The molecule has 0 atom stereocenters. The Bertz CT molecular complexity index is 1430. The van der Waals surface area contributed by atoms with Crippen LogP contribution in [0.3, 0.4) is 0 Å². The number of nitrogens with zero attached hydrogens (tertiary/aromatic N) is 4. The van der Waals surface area contributed by atoms with Gasteiger partial charge in [0, 0.05) is 62.9 Å². The smallest absolute Gasteiger partial charge is 0.272 e. The van der Waals surface area contributed by atoms with Crippen molar-refractivity contribution < 1.29 is 9.18 Å². The van der Waals surface area contributed by atoms with E-state index in [1.807, 2.05) is 0 Å². The minimum absolute atomic E-state index is 0.0295. The van der Waals surface area contributed by atoms with Gasteiger partial charge in [-0.1, -0.05) is 29.3 Å². The topological polar surface area (TPSA) is 89.5 Å². The van der Waals surface area contributed by atoms with Crippen LogP contribution in [0.25, 0.3) is 5.52 Å². The highest BCUT2D eigenvalue weighted by atomic mass is 35.5. The Labute approximate surface area is 210 Å². The number of hydrogen-bond donors (Lipinski definition) is 2. The number of carbonyl (C=O) groups excluding carboxylic acids is 1. The van der Waals surface area contributed by atoms with Gasteiger partial charge in [0.15, 0.2) is 0 Å². The molecule has 11 heteroatoms. The zero-order valence-electron chi connectivity index (χ0n) is 18.7. The number of hydrogen-bond acceptors (Lipinski definition) is 4. The second-order valence-corrected chi connectivity index (χ2v) is 9.37. The minimum Gasteiger partial charge on any atom is -0.347 e. The molecular weight excluding hydrogens is 494 g/mol. The fourth-order valence-corrected chi connectivity index (χ4v) is 4.93. The largest absolute Gasteiger partial charge is 0.347 e. The third-order valence-electron chi connectivity index (χ3n) is 6.26. The summed E-state index contributed by atoms with van der Waals surface area (Å²) in [5, 5.41) is 0.493. The van der Waals surface area contributed by atoms with Gasteiger partial charge in [-0.3, -0.25) is 18.9 Å². The van der Waals surface area contributed by atoms with Crippen molar-refractivity contribution >= 4 is 34.6 Å². The maximum Gasteiger partial charge on any atom is 0.272 e. The van der Waals surface area contributed by atoms with E-state index in [-0.39, 0.29) is 27.2 Å². The fraction of sp³-hybridized carbons (Fsp3) is 0.292. The molecule has 1 aliphatic rings. The molecule has 182 valence electrons. The number of benzene rings is 1. The molecule has 0 bridgehead atoms. The van der Waals surface area contributed by atoms with Gasteiger partial charge in [0.05, 0.1) is 16.9 Å². The lowest BCUT2D eigenvalue weighted by atomic mass is 10.0. The van der Waals surface area contributed by atoms with E-state index in [4.69, 9.17) is 23.2 Å². The summed E-state index contributed by atoms with van der Waals surface area (Å²) in [6.07, 6.45) is 6.10. The number of amides is 1. The van der Waals surface area contributed by atoms with Crippen molar-refractivity contribution in [1.29, 1.82) is 0 Å². The molecule has 1 aromatic carbocycles. The Morgan fingerprint density at radius 3 is 2.77 bits per heavy atom. The standard InChI is InChI=1S/C24H23Cl2FN6O2/c25-19-10-21-23(34)29-12-17(33(21)22(19)26)8-15-2-3-20(27)18(9-15)24(35)32-5-1-4-31(6-7-32)13-16-11-28-14-30-16/h2-3,9-12,14H,1,4-8,13H2,(H,28,30)(H,29,34). The van der Waals surface area contributed by atoms with Crippen molar-refractivity contribution in [3.05, 3.63) is 91.8 Å². The maximum atomic E-state index is 14.8. The van der Waals surface area contributed by atoms with Gasteiger partial charge in [-0.2, -0.15) is 0 Å². The number of nitrogens with one attached hydrogen (secondary N) is 2. The number of aromatic nitrogens is 4. The van der Waals surface area contributed by atoms with Crippen molar-refractivity contribution in [3.63, 3.8) is 0 Å². The fourth-order valence-electron chi connectivity index (χ4n) is 4.49. The van der Waals surface area contributed by atoms with Gasteiger partial charge < -0.3 is 14.9 Å². The van der Waals surface area contributed by atoms with E-state index in [1.165, 1.54) is 12.1 Å². The molecule has 4 aromatic rings. The number of H-pyrrole nitrogens is 2. The SMILES string of the molecule is O=C(c1cc(Cc2c[nH]c(=O)c3cc(Cl)c(Cl)n23)ccc1F)N1CCCN(Cc2cnc[nH]2)CC1. The Kier molecular flexibility index (Phi) is 6.64. The van der Waals surface area contributed by atoms with Crippen LogP contribution in [-0.4, -0.2) is 61.2 Å². The monoisotopic (exact) mass is 516 g/mol. The summed E-state index contributed by atoms with van der Waals surface area (Å²) in [5.41, 5.74) is 2.41. The molecule has 1 amide bonds. The molecule has 1 aliphatic heterocycles. The van der Waals surface area contributed by atoms with E-state index in [9.17, 15) is 14.0 Å². The van der Waals surface area contributed by atoms with Gasteiger partial charge in [0.25, 0.3) is 11.5 Å². The maximum absolute atomic E-state index is 14.8. The molecule has 35 heavy (non-hydrogen) atoms. The number of halogens is 3. The van der Waals surface area contributed by atoms with Gasteiger partial charge >= 0.3 is 0 Å². The van der Waals surface area contributed by atoms with Crippen molar-refractivity contribution in [2.24, 2.45) is 0 Å². The summed E-state index contributed by atoms with van der Waals surface area (Å²) in [5.74, 6) is -0.896. The predicted octanol–water partition coefficient (Wildman–Crippen LogP) is 3.74. The zero-order valence-corrected chi connectivity index (χ0v) is 20.2. The summed E-state index contributed by atoms with van der Waals surface area (Å²) >= 11 is 12.4. The van der Waals surface area contributed by atoms with E-state index < -0.39 is 5.82 Å². The summed E-state index contributed by atoms with van der Waals surface area (Å²) in [4.78, 5) is 39.2. The highest BCUT2D eigenvalue weighted by molar-refractivity contribution is 6.42. The quantitative estimate of drug-likeness (QED) is 0.422. The number of rotatable bonds is 5. The first kappa shape index (κ1) is 23.6. The van der Waals surface area contributed by atoms with Crippen LogP contribution in [0.2, 0.25) is 10.2 Å². The number of imidazole rings is 1. The van der Waals surface area contributed by atoms with Crippen molar-refractivity contribution in [1.82, 2.24) is 29.2 Å². The second-order valence-electron chi connectivity index (χ2n) is 8.60. The van der Waals surface area contributed by atoms with Gasteiger partial charge in [-0.05, 0) is 30.2 Å². The molecule has 4 heterocycles. The van der Waals surface area contributed by atoms with Crippen LogP contribution in [0.5, 0.6) is 0 Å². The third kappa shape index (κ3) is 4.84. The summed E-state index contributed by atoms with van der Waals surface area (Å²) in [7, 11) is 0. The zero-order chi connectivity index (χ0) is 24.5. The summed E-state index contributed by atoms with van der Waals surface area (Å²) in [6, 6.07) is 6.00. The lowest BCUT2D eigenvalue weighted by molar-refractivity contribution is 0.0756. The first-order valence-corrected chi connectivity index (χ1v) is 12.0. The molecule has 3 aromatic heterocycles. The summed E-state index contributed by atoms with van der Waals surface area (Å²) < 4.78 is 16.3. The van der Waals surface area contributed by atoms with E-state index in [1.54, 1.807) is 40.2 Å². The third-order valence-corrected chi connectivity index (χ3v) is 7.02. The molecule has 8 nitrogen and oxygen atoms in total. The van der Waals surface area contributed by atoms with E-state index >= 15 is 0 Å². The Morgan fingerprint density at radius 2 is 1.97 bits per heavy atom. The highest BCUT2D eigenvalue weighted by Crippen LogP contribution is 2.27. The van der Waals surface area contributed by atoms with Gasteiger partial charge in [0.1, 0.15) is 16.5 Å². The van der Waals surface area contributed by atoms with Crippen LogP contribution >= 0.6 is 23.2 Å². The molecule has 1 saturated heterocycles. The lowest BCUT2D eigenvalue weighted by Gasteiger charge is -2.22. The lowest BCUT2D eigenvalue weighted by Crippen LogP contribution is -2.35. The Balaban J connectivity index is 1.35. The van der Waals surface area contributed by atoms with E-state index in [0.717, 1.165) is 25.2 Å².